The lowest BCUT2D eigenvalue weighted by molar-refractivity contribution is 0.0239. The van der Waals surface area contributed by atoms with Crippen LogP contribution >= 0.6 is 12.4 Å². The van der Waals surface area contributed by atoms with Crippen LogP contribution in [0.15, 0.2) is 22.7 Å². The zero-order valence-corrected chi connectivity index (χ0v) is 18.8. The van der Waals surface area contributed by atoms with Crippen molar-refractivity contribution in [3.63, 3.8) is 0 Å². The molecule has 3 aromatic rings. The van der Waals surface area contributed by atoms with Crippen LogP contribution in [0.1, 0.15) is 63.0 Å². The Hall–Kier alpha value is -2.03. The summed E-state index contributed by atoms with van der Waals surface area (Å²) in [5, 5.41) is 9.57. The predicted octanol–water partition coefficient (Wildman–Crippen LogP) is 4.45. The topological polar surface area (TPSA) is 69.2 Å². The number of hydrogen-bond acceptors (Lipinski definition) is 6. The van der Waals surface area contributed by atoms with Crippen molar-refractivity contribution in [2.45, 2.75) is 57.4 Å². The summed E-state index contributed by atoms with van der Waals surface area (Å²) < 4.78 is 27.2. The maximum Gasteiger partial charge on any atom is 0.291 e. The first-order valence-corrected chi connectivity index (χ1v) is 10.9. The van der Waals surface area contributed by atoms with E-state index >= 15 is 0 Å². The normalized spacial score (nSPS) is 19.2. The Kier molecular flexibility index (Phi) is 6.60. The maximum atomic E-state index is 14.6. The Morgan fingerprint density at radius 1 is 1.10 bits per heavy atom. The van der Waals surface area contributed by atoms with Gasteiger partial charge in [-0.1, -0.05) is 26.0 Å². The summed E-state index contributed by atoms with van der Waals surface area (Å²) >= 11 is 0. The summed E-state index contributed by atoms with van der Waals surface area (Å²) in [5.74, 6) is 1.000. The van der Waals surface area contributed by atoms with Crippen LogP contribution in [0.2, 0.25) is 0 Å². The summed E-state index contributed by atoms with van der Waals surface area (Å²) in [5.41, 5.74) is 1.24. The number of para-hydroxylation sites is 1. The molecule has 0 saturated carbocycles. The van der Waals surface area contributed by atoms with Gasteiger partial charge in [-0.05, 0) is 55.9 Å². The summed E-state index contributed by atoms with van der Waals surface area (Å²) in [6.45, 7) is 7.89. The Morgan fingerprint density at radius 3 is 2.55 bits per heavy atom. The van der Waals surface area contributed by atoms with E-state index in [-0.39, 0.29) is 30.1 Å². The van der Waals surface area contributed by atoms with Crippen LogP contribution in [0, 0.1) is 5.82 Å². The molecule has 2 saturated heterocycles. The largest absolute Gasteiger partial charge is 0.381 e. The molecule has 0 N–H and O–H groups in total. The lowest BCUT2D eigenvalue weighted by atomic mass is 9.94. The molecule has 0 atom stereocenters. The van der Waals surface area contributed by atoms with E-state index in [2.05, 4.69) is 20.1 Å². The molecule has 2 aliphatic rings. The molecule has 9 heteroatoms. The second-order valence-corrected chi connectivity index (χ2v) is 8.67. The van der Waals surface area contributed by atoms with Gasteiger partial charge in [0.2, 0.25) is 5.89 Å². The van der Waals surface area contributed by atoms with Crippen molar-refractivity contribution in [3.05, 3.63) is 35.6 Å². The lowest BCUT2D eigenvalue weighted by Crippen LogP contribution is -2.43. The third-order valence-corrected chi connectivity index (χ3v) is 6.44. The van der Waals surface area contributed by atoms with Crippen LogP contribution < -0.4 is 0 Å². The van der Waals surface area contributed by atoms with Crippen LogP contribution in [0.3, 0.4) is 0 Å². The van der Waals surface area contributed by atoms with E-state index in [4.69, 9.17) is 9.26 Å². The number of halogens is 2. The number of fused-ring (bicyclic) bond motifs is 1. The van der Waals surface area contributed by atoms with Crippen LogP contribution in [0.4, 0.5) is 4.39 Å². The van der Waals surface area contributed by atoms with E-state index in [0.29, 0.717) is 23.4 Å². The number of piperidine rings is 1. The number of rotatable bonds is 4. The number of ether oxygens (including phenoxy) is 1. The highest BCUT2D eigenvalue weighted by atomic mass is 35.5. The van der Waals surface area contributed by atoms with Crippen molar-refractivity contribution in [1.82, 2.24) is 24.8 Å². The molecule has 2 aliphatic heterocycles. The zero-order chi connectivity index (χ0) is 20.7. The Labute approximate surface area is 187 Å². The van der Waals surface area contributed by atoms with Crippen molar-refractivity contribution in [1.29, 1.82) is 0 Å². The molecule has 5 rings (SSSR count). The number of likely N-dealkylation sites (tertiary alicyclic amines) is 1. The molecule has 0 bridgehead atoms. The highest BCUT2D eigenvalue weighted by Crippen LogP contribution is 2.32. The van der Waals surface area contributed by atoms with Crippen molar-refractivity contribution in [2.24, 2.45) is 0 Å². The van der Waals surface area contributed by atoms with Gasteiger partial charge < -0.3 is 14.2 Å². The van der Waals surface area contributed by atoms with E-state index in [9.17, 15) is 4.39 Å². The van der Waals surface area contributed by atoms with Crippen LogP contribution in [0.25, 0.3) is 16.9 Å². The summed E-state index contributed by atoms with van der Waals surface area (Å²) in [6.07, 6.45) is 4.21. The Balaban J connectivity index is 0.00000231. The fourth-order valence-corrected chi connectivity index (χ4v) is 4.76. The van der Waals surface area contributed by atoms with Gasteiger partial charge in [-0.2, -0.15) is 14.8 Å². The Bertz CT molecular complexity index is 1020. The molecule has 0 spiro atoms. The van der Waals surface area contributed by atoms with E-state index < -0.39 is 0 Å². The standard InChI is InChI=1S/C22H28FN5O2.ClH/c1-14(2)19-17-4-3-5-18(23)20(17)28(25-19)22-24-21(30-26-22)15-6-10-27(11-7-15)16-8-12-29-13-9-16;/h3-5,14-16H,6-13H2,1-2H3;1H. The maximum absolute atomic E-state index is 14.6. The molecule has 1 aromatic carbocycles. The van der Waals surface area contributed by atoms with Crippen molar-refractivity contribution >= 4 is 23.3 Å². The van der Waals surface area contributed by atoms with Crippen LogP contribution in [-0.2, 0) is 4.74 Å². The molecular weight excluding hydrogens is 421 g/mol. The highest BCUT2D eigenvalue weighted by Gasteiger charge is 2.30. The summed E-state index contributed by atoms with van der Waals surface area (Å²) in [7, 11) is 0. The van der Waals surface area contributed by atoms with Gasteiger partial charge in [-0.25, -0.2) is 4.39 Å². The SMILES string of the molecule is CC(C)c1nn(-c2noc(C3CCN(C4CCOCC4)CC3)n2)c2c(F)cccc12.Cl. The van der Waals surface area contributed by atoms with E-state index in [0.717, 1.165) is 63.1 Å². The third kappa shape index (κ3) is 4.21. The molecular formula is C22H29ClFN5O2. The first kappa shape index (κ1) is 22.2. The van der Waals surface area contributed by atoms with Gasteiger partial charge >= 0.3 is 0 Å². The van der Waals surface area contributed by atoms with Gasteiger partial charge in [-0.15, -0.1) is 12.4 Å². The fourth-order valence-electron chi connectivity index (χ4n) is 4.76. The quantitative estimate of drug-likeness (QED) is 0.586. The van der Waals surface area contributed by atoms with Gasteiger partial charge in [-0.3, -0.25) is 0 Å². The number of aromatic nitrogens is 4. The molecule has 2 fully saturated rings. The molecule has 7 nitrogen and oxygen atoms in total. The monoisotopic (exact) mass is 449 g/mol. The van der Waals surface area contributed by atoms with Gasteiger partial charge in [0, 0.05) is 30.6 Å². The van der Waals surface area contributed by atoms with Crippen molar-refractivity contribution in [3.8, 4) is 5.95 Å². The molecule has 4 heterocycles. The summed E-state index contributed by atoms with van der Waals surface area (Å²) in [6, 6.07) is 5.68. The molecule has 0 radical (unpaired) electrons. The van der Waals surface area contributed by atoms with E-state index in [1.165, 1.54) is 10.7 Å². The average molecular weight is 450 g/mol. The first-order chi connectivity index (χ1) is 14.6. The smallest absolute Gasteiger partial charge is 0.291 e. The summed E-state index contributed by atoms with van der Waals surface area (Å²) in [4.78, 5) is 7.19. The molecule has 168 valence electrons. The van der Waals surface area contributed by atoms with E-state index in [1.807, 2.05) is 19.9 Å². The van der Waals surface area contributed by atoms with E-state index in [1.54, 1.807) is 6.07 Å². The van der Waals surface area contributed by atoms with Crippen molar-refractivity contribution in [2.75, 3.05) is 26.3 Å². The first-order valence-electron chi connectivity index (χ1n) is 10.9. The lowest BCUT2D eigenvalue weighted by Gasteiger charge is -2.38. The number of nitrogens with zero attached hydrogens (tertiary/aromatic N) is 5. The zero-order valence-electron chi connectivity index (χ0n) is 18.0. The number of benzene rings is 1. The number of hydrogen-bond donors (Lipinski definition) is 0. The molecule has 31 heavy (non-hydrogen) atoms. The van der Waals surface area contributed by atoms with Gasteiger partial charge in [0.25, 0.3) is 5.95 Å². The molecule has 0 unspecified atom stereocenters. The molecule has 0 amide bonds. The Morgan fingerprint density at radius 2 is 1.84 bits per heavy atom. The second-order valence-electron chi connectivity index (χ2n) is 8.67. The minimum atomic E-state index is -0.331. The van der Waals surface area contributed by atoms with Crippen LogP contribution in [-0.4, -0.2) is 57.2 Å². The fraction of sp³-hybridized carbons (Fsp3) is 0.591. The minimum Gasteiger partial charge on any atom is -0.381 e. The predicted molar refractivity (Wildman–Crippen MR) is 118 cm³/mol. The minimum absolute atomic E-state index is 0. The van der Waals surface area contributed by atoms with Gasteiger partial charge in [0.15, 0.2) is 0 Å². The highest BCUT2D eigenvalue weighted by molar-refractivity contribution is 5.85. The van der Waals surface area contributed by atoms with Gasteiger partial charge in [0.05, 0.1) is 5.69 Å². The third-order valence-electron chi connectivity index (χ3n) is 6.44. The van der Waals surface area contributed by atoms with Crippen LogP contribution in [0.5, 0.6) is 0 Å². The second kappa shape index (κ2) is 9.22. The average Bonchev–Trinajstić information content (AvgIpc) is 3.40. The molecule has 0 aliphatic carbocycles. The van der Waals surface area contributed by atoms with Gasteiger partial charge in [0.1, 0.15) is 11.3 Å². The van der Waals surface area contributed by atoms with Crippen molar-refractivity contribution < 1.29 is 13.7 Å². The molecule has 2 aromatic heterocycles.